The SMILES string of the molecule is CN(Cc1ccco1)[C@@H]1CCCC[C@@H]1NS(=O)(=O)c1ccccc1. The van der Waals surface area contributed by atoms with E-state index in [-0.39, 0.29) is 12.1 Å². The third-order valence-electron chi connectivity index (χ3n) is 4.64. The summed E-state index contributed by atoms with van der Waals surface area (Å²) >= 11 is 0. The van der Waals surface area contributed by atoms with Gasteiger partial charge in [-0.05, 0) is 44.2 Å². The standard InChI is InChI=1S/C18H24N2O3S/c1-20(14-15-8-7-13-23-15)18-12-6-5-11-17(18)19-24(21,22)16-9-3-2-4-10-16/h2-4,7-10,13,17-19H,5-6,11-12,14H2,1H3/t17-,18+/m0/s1. The van der Waals surface area contributed by atoms with Crippen molar-refractivity contribution in [2.24, 2.45) is 0 Å². The normalized spacial score (nSPS) is 21.9. The molecule has 1 N–H and O–H groups in total. The summed E-state index contributed by atoms with van der Waals surface area (Å²) in [5.41, 5.74) is 0. The molecule has 1 aromatic carbocycles. The maximum absolute atomic E-state index is 12.6. The number of sulfonamides is 1. The van der Waals surface area contributed by atoms with Crippen LogP contribution in [0.3, 0.4) is 0 Å². The molecule has 24 heavy (non-hydrogen) atoms. The summed E-state index contributed by atoms with van der Waals surface area (Å²) in [5, 5.41) is 0. The van der Waals surface area contributed by atoms with Crippen LogP contribution in [0.25, 0.3) is 0 Å². The molecule has 0 radical (unpaired) electrons. The lowest BCUT2D eigenvalue weighted by Gasteiger charge is -2.37. The molecule has 5 nitrogen and oxygen atoms in total. The number of benzene rings is 1. The van der Waals surface area contributed by atoms with Crippen LogP contribution in [0.1, 0.15) is 31.4 Å². The topological polar surface area (TPSA) is 62.6 Å². The Morgan fingerprint density at radius 3 is 2.58 bits per heavy atom. The molecule has 130 valence electrons. The highest BCUT2D eigenvalue weighted by Gasteiger charge is 2.32. The predicted molar refractivity (Wildman–Crippen MR) is 93.0 cm³/mol. The monoisotopic (exact) mass is 348 g/mol. The number of likely N-dealkylation sites (N-methyl/N-ethyl adjacent to an activating group) is 1. The predicted octanol–water partition coefficient (Wildman–Crippen LogP) is 3.00. The van der Waals surface area contributed by atoms with E-state index < -0.39 is 10.0 Å². The van der Waals surface area contributed by atoms with Crippen LogP contribution < -0.4 is 4.72 Å². The molecular weight excluding hydrogens is 324 g/mol. The van der Waals surface area contributed by atoms with Crippen LogP contribution in [0.4, 0.5) is 0 Å². The van der Waals surface area contributed by atoms with Gasteiger partial charge in [0.05, 0.1) is 17.7 Å². The largest absolute Gasteiger partial charge is 0.468 e. The summed E-state index contributed by atoms with van der Waals surface area (Å²) in [6, 6.07) is 12.5. The summed E-state index contributed by atoms with van der Waals surface area (Å²) in [5.74, 6) is 0.896. The van der Waals surface area contributed by atoms with E-state index >= 15 is 0 Å². The van der Waals surface area contributed by atoms with Gasteiger partial charge in [-0.2, -0.15) is 0 Å². The fraction of sp³-hybridized carbons (Fsp3) is 0.444. The Kier molecular flexibility index (Phi) is 5.38. The Balaban J connectivity index is 1.72. The highest BCUT2D eigenvalue weighted by Crippen LogP contribution is 2.25. The molecule has 3 rings (SSSR count). The maximum Gasteiger partial charge on any atom is 0.240 e. The average Bonchev–Trinajstić information content (AvgIpc) is 3.09. The van der Waals surface area contributed by atoms with Gasteiger partial charge in [0.1, 0.15) is 5.76 Å². The Labute approximate surface area is 143 Å². The van der Waals surface area contributed by atoms with Gasteiger partial charge in [-0.25, -0.2) is 13.1 Å². The minimum absolute atomic E-state index is 0.0797. The van der Waals surface area contributed by atoms with Gasteiger partial charge in [-0.15, -0.1) is 0 Å². The van der Waals surface area contributed by atoms with Crippen molar-refractivity contribution < 1.29 is 12.8 Å². The third kappa shape index (κ3) is 4.06. The van der Waals surface area contributed by atoms with Crippen LogP contribution in [0.2, 0.25) is 0 Å². The van der Waals surface area contributed by atoms with Crippen LogP contribution in [0, 0.1) is 0 Å². The minimum Gasteiger partial charge on any atom is -0.468 e. The Hall–Kier alpha value is -1.63. The summed E-state index contributed by atoms with van der Waals surface area (Å²) in [6.07, 6.45) is 5.68. The summed E-state index contributed by atoms with van der Waals surface area (Å²) in [4.78, 5) is 2.51. The van der Waals surface area contributed by atoms with E-state index in [4.69, 9.17) is 4.42 Å². The maximum atomic E-state index is 12.6. The summed E-state index contributed by atoms with van der Waals surface area (Å²) in [7, 11) is -1.46. The molecule has 2 atom stereocenters. The van der Waals surface area contributed by atoms with E-state index in [1.165, 1.54) is 0 Å². The first-order chi connectivity index (χ1) is 11.6. The fourth-order valence-corrected chi connectivity index (χ4v) is 4.73. The van der Waals surface area contributed by atoms with Crippen molar-refractivity contribution in [2.45, 2.75) is 49.2 Å². The van der Waals surface area contributed by atoms with E-state index in [1.54, 1.807) is 30.5 Å². The van der Waals surface area contributed by atoms with Crippen LogP contribution in [-0.2, 0) is 16.6 Å². The molecule has 0 unspecified atom stereocenters. The number of nitrogens with one attached hydrogen (secondary N) is 1. The second kappa shape index (κ2) is 7.51. The molecule has 6 heteroatoms. The van der Waals surface area contributed by atoms with Crippen molar-refractivity contribution in [1.82, 2.24) is 9.62 Å². The van der Waals surface area contributed by atoms with Crippen molar-refractivity contribution in [2.75, 3.05) is 7.05 Å². The number of hydrogen-bond donors (Lipinski definition) is 1. The number of rotatable bonds is 6. The van der Waals surface area contributed by atoms with Crippen LogP contribution in [0.5, 0.6) is 0 Å². The van der Waals surface area contributed by atoms with E-state index in [1.807, 2.05) is 25.2 Å². The summed E-state index contributed by atoms with van der Waals surface area (Å²) in [6.45, 7) is 0.682. The van der Waals surface area contributed by atoms with Crippen molar-refractivity contribution in [3.63, 3.8) is 0 Å². The number of nitrogens with zero attached hydrogens (tertiary/aromatic N) is 1. The molecule has 0 spiro atoms. The zero-order valence-corrected chi connectivity index (χ0v) is 14.7. The second-order valence-corrected chi connectivity index (χ2v) is 8.10. The van der Waals surface area contributed by atoms with Crippen LogP contribution >= 0.6 is 0 Å². The Morgan fingerprint density at radius 1 is 1.12 bits per heavy atom. The lowest BCUT2D eigenvalue weighted by atomic mass is 9.90. The second-order valence-electron chi connectivity index (χ2n) is 6.39. The molecule has 0 amide bonds. The van der Waals surface area contributed by atoms with Gasteiger partial charge in [0.15, 0.2) is 0 Å². The zero-order chi connectivity index (χ0) is 17.0. The number of hydrogen-bond acceptors (Lipinski definition) is 4. The van der Waals surface area contributed by atoms with Crippen LogP contribution in [0.15, 0.2) is 58.0 Å². The van der Waals surface area contributed by atoms with Gasteiger partial charge in [-0.3, -0.25) is 4.90 Å². The van der Waals surface area contributed by atoms with Crippen molar-refractivity contribution in [3.8, 4) is 0 Å². The van der Waals surface area contributed by atoms with E-state index in [0.717, 1.165) is 31.4 Å². The van der Waals surface area contributed by atoms with Gasteiger partial charge < -0.3 is 4.42 Å². The Morgan fingerprint density at radius 2 is 1.88 bits per heavy atom. The van der Waals surface area contributed by atoms with E-state index in [9.17, 15) is 8.42 Å². The molecule has 0 aliphatic heterocycles. The molecule has 2 aromatic rings. The smallest absolute Gasteiger partial charge is 0.240 e. The molecular formula is C18H24N2O3S. The van der Waals surface area contributed by atoms with Gasteiger partial charge in [0, 0.05) is 12.1 Å². The first-order valence-corrected chi connectivity index (χ1v) is 9.84. The van der Waals surface area contributed by atoms with Gasteiger partial charge >= 0.3 is 0 Å². The molecule has 1 aromatic heterocycles. The van der Waals surface area contributed by atoms with E-state index in [2.05, 4.69) is 9.62 Å². The van der Waals surface area contributed by atoms with Crippen LogP contribution in [-0.4, -0.2) is 32.4 Å². The molecule has 1 heterocycles. The van der Waals surface area contributed by atoms with Crippen molar-refractivity contribution in [3.05, 3.63) is 54.5 Å². The van der Waals surface area contributed by atoms with Crippen molar-refractivity contribution in [1.29, 1.82) is 0 Å². The quantitative estimate of drug-likeness (QED) is 0.872. The lowest BCUT2D eigenvalue weighted by molar-refractivity contribution is 0.145. The summed E-state index contributed by atoms with van der Waals surface area (Å²) < 4.78 is 33.6. The first-order valence-electron chi connectivity index (χ1n) is 8.36. The van der Waals surface area contributed by atoms with E-state index in [0.29, 0.717) is 11.4 Å². The highest BCUT2D eigenvalue weighted by atomic mass is 32.2. The lowest BCUT2D eigenvalue weighted by Crippen LogP contribution is -2.51. The average molecular weight is 348 g/mol. The molecule has 1 fully saturated rings. The molecule has 0 saturated heterocycles. The fourth-order valence-electron chi connectivity index (χ4n) is 3.41. The third-order valence-corrected chi connectivity index (χ3v) is 6.15. The van der Waals surface area contributed by atoms with Gasteiger partial charge in [0.2, 0.25) is 10.0 Å². The zero-order valence-electron chi connectivity index (χ0n) is 13.9. The Bertz CT molecular complexity index is 729. The highest BCUT2D eigenvalue weighted by molar-refractivity contribution is 7.89. The first kappa shape index (κ1) is 17.2. The molecule has 0 bridgehead atoms. The molecule has 1 saturated carbocycles. The van der Waals surface area contributed by atoms with Crippen molar-refractivity contribution >= 4 is 10.0 Å². The minimum atomic E-state index is -3.49. The van der Waals surface area contributed by atoms with Gasteiger partial charge in [0.25, 0.3) is 0 Å². The molecule has 1 aliphatic carbocycles. The molecule has 1 aliphatic rings. The number of furan rings is 1. The van der Waals surface area contributed by atoms with Gasteiger partial charge in [-0.1, -0.05) is 31.0 Å².